The monoisotopic (exact) mass is 411 g/mol. The Kier molecular flexibility index (Phi) is 8.07. The fourth-order valence-corrected chi connectivity index (χ4v) is 3.09. The molecule has 7 heteroatoms. The zero-order valence-electron chi connectivity index (χ0n) is 16.7. The van der Waals surface area contributed by atoms with Crippen molar-refractivity contribution in [1.29, 1.82) is 0 Å². The van der Waals surface area contributed by atoms with Gasteiger partial charge in [0.15, 0.2) is 0 Å². The summed E-state index contributed by atoms with van der Waals surface area (Å²) in [5.74, 6) is 0.739. The molecule has 160 valence electrons. The van der Waals surface area contributed by atoms with Gasteiger partial charge in [-0.3, -0.25) is 5.32 Å². The number of aliphatic hydroxyl groups is 2. The molecule has 0 aliphatic carbocycles. The van der Waals surface area contributed by atoms with Crippen LogP contribution in [0.4, 0.5) is 13.2 Å². The first-order chi connectivity index (χ1) is 13.6. The van der Waals surface area contributed by atoms with E-state index in [1.807, 2.05) is 31.2 Å². The van der Waals surface area contributed by atoms with Crippen molar-refractivity contribution in [3.8, 4) is 5.75 Å². The number of rotatable bonds is 10. The van der Waals surface area contributed by atoms with Crippen molar-refractivity contribution in [2.45, 2.75) is 51.1 Å². The summed E-state index contributed by atoms with van der Waals surface area (Å²) < 4.78 is 44.4. The molecular formula is C22H28F3NO3. The van der Waals surface area contributed by atoms with E-state index in [0.717, 1.165) is 29.9 Å². The topological polar surface area (TPSA) is 61.7 Å². The fourth-order valence-electron chi connectivity index (χ4n) is 3.09. The van der Waals surface area contributed by atoms with Crippen molar-refractivity contribution >= 4 is 0 Å². The molecule has 0 unspecified atom stereocenters. The Morgan fingerprint density at radius 1 is 1.03 bits per heavy atom. The summed E-state index contributed by atoms with van der Waals surface area (Å²) in [6, 6.07) is 12.1. The van der Waals surface area contributed by atoms with E-state index >= 15 is 0 Å². The predicted molar refractivity (Wildman–Crippen MR) is 106 cm³/mol. The third-order valence-electron chi connectivity index (χ3n) is 4.57. The maximum Gasteiger partial charge on any atom is 0.416 e. The first-order valence-electron chi connectivity index (χ1n) is 9.62. The molecule has 0 saturated heterocycles. The van der Waals surface area contributed by atoms with Crippen molar-refractivity contribution in [2.24, 2.45) is 0 Å². The molecule has 29 heavy (non-hydrogen) atoms. The minimum atomic E-state index is -4.46. The number of ether oxygens (including phenoxy) is 1. The molecule has 2 aromatic rings. The lowest BCUT2D eigenvalue weighted by molar-refractivity contribution is -0.137. The van der Waals surface area contributed by atoms with Crippen LogP contribution in [0.2, 0.25) is 0 Å². The van der Waals surface area contributed by atoms with Crippen molar-refractivity contribution in [1.82, 2.24) is 5.32 Å². The van der Waals surface area contributed by atoms with Gasteiger partial charge in [0.05, 0.1) is 12.2 Å². The largest absolute Gasteiger partial charge is 0.494 e. The number of nitrogens with one attached hydrogen (secondary N) is 1. The molecule has 2 atom stereocenters. The third-order valence-corrected chi connectivity index (χ3v) is 4.57. The minimum absolute atomic E-state index is 0.150. The second-order valence-electron chi connectivity index (χ2n) is 7.32. The summed E-state index contributed by atoms with van der Waals surface area (Å²) in [4.78, 5) is 0. The Morgan fingerprint density at radius 2 is 1.69 bits per heavy atom. The third kappa shape index (κ3) is 7.34. The Morgan fingerprint density at radius 3 is 2.31 bits per heavy atom. The molecule has 3 N–H and O–H groups in total. The lowest BCUT2D eigenvalue weighted by Gasteiger charge is -2.30. The lowest BCUT2D eigenvalue weighted by atomic mass is 9.99. The average molecular weight is 411 g/mol. The normalized spacial score (nSPS) is 15.0. The van der Waals surface area contributed by atoms with E-state index in [1.54, 1.807) is 0 Å². The van der Waals surface area contributed by atoms with Gasteiger partial charge in [-0.05, 0) is 68.5 Å². The van der Waals surface area contributed by atoms with Crippen LogP contribution in [0.5, 0.6) is 5.75 Å². The molecule has 0 spiro atoms. The zero-order chi connectivity index (χ0) is 21.5. The molecule has 0 radical (unpaired) electrons. The lowest BCUT2D eigenvalue weighted by Crippen LogP contribution is -2.45. The Bertz CT molecular complexity index is 761. The quantitative estimate of drug-likeness (QED) is 0.404. The summed E-state index contributed by atoms with van der Waals surface area (Å²) >= 11 is 0. The van der Waals surface area contributed by atoms with E-state index in [2.05, 4.69) is 5.32 Å². The maximum absolute atomic E-state index is 12.9. The van der Waals surface area contributed by atoms with Crippen LogP contribution in [0.1, 0.15) is 43.4 Å². The maximum atomic E-state index is 12.9. The van der Waals surface area contributed by atoms with Gasteiger partial charge in [0.25, 0.3) is 0 Å². The molecule has 0 saturated carbocycles. The highest BCUT2D eigenvalue weighted by Gasteiger charge is 2.33. The SMILES string of the molecule is C[C@H](Cc1ccc(OCCCCO)cc1)N[C@](C)(O)c1cccc(C(F)(F)F)c1. The number of alkyl halides is 3. The molecule has 0 heterocycles. The van der Waals surface area contributed by atoms with E-state index in [1.165, 1.54) is 19.1 Å². The molecule has 2 rings (SSSR count). The predicted octanol–water partition coefficient (Wildman–Crippen LogP) is 4.24. The standard InChI is InChI=1S/C22H28F3NO3/c1-16(14-17-8-10-20(11-9-17)29-13-4-3-12-27)26-21(2,28)18-6-5-7-19(15-18)22(23,24)25/h5-11,15-16,26-28H,3-4,12-14H2,1-2H3/t16-,21-/m1/s1. The molecule has 4 nitrogen and oxygen atoms in total. The Labute approximate surface area is 169 Å². The van der Waals surface area contributed by atoms with Gasteiger partial charge in [0, 0.05) is 12.6 Å². The summed E-state index contributed by atoms with van der Waals surface area (Å²) in [5, 5.41) is 22.4. The molecule has 0 aliphatic rings. The molecule has 0 bridgehead atoms. The van der Waals surface area contributed by atoms with Gasteiger partial charge in [-0.1, -0.05) is 24.3 Å². The van der Waals surface area contributed by atoms with E-state index in [9.17, 15) is 18.3 Å². The van der Waals surface area contributed by atoms with Crippen molar-refractivity contribution in [2.75, 3.05) is 13.2 Å². The summed E-state index contributed by atoms with van der Waals surface area (Å²) in [7, 11) is 0. The van der Waals surface area contributed by atoms with Gasteiger partial charge >= 0.3 is 6.18 Å². The van der Waals surface area contributed by atoms with Crippen LogP contribution in [0, 0.1) is 0 Å². The summed E-state index contributed by atoms with van der Waals surface area (Å²) in [6.45, 7) is 4.00. The van der Waals surface area contributed by atoms with Crippen LogP contribution < -0.4 is 10.1 Å². The fraction of sp³-hybridized carbons (Fsp3) is 0.455. The molecule has 0 amide bonds. The van der Waals surface area contributed by atoms with Crippen LogP contribution in [0.25, 0.3) is 0 Å². The number of aliphatic hydroxyl groups excluding tert-OH is 1. The van der Waals surface area contributed by atoms with Gasteiger partial charge in [-0.15, -0.1) is 0 Å². The molecule has 0 fully saturated rings. The molecular weight excluding hydrogens is 383 g/mol. The second-order valence-corrected chi connectivity index (χ2v) is 7.32. The van der Waals surface area contributed by atoms with Crippen LogP contribution in [0.15, 0.2) is 48.5 Å². The van der Waals surface area contributed by atoms with Gasteiger partial charge in [-0.25, -0.2) is 0 Å². The van der Waals surface area contributed by atoms with E-state index in [0.29, 0.717) is 19.4 Å². The Balaban J connectivity index is 1.94. The highest BCUT2D eigenvalue weighted by Crippen LogP contribution is 2.31. The highest BCUT2D eigenvalue weighted by atomic mass is 19.4. The van der Waals surface area contributed by atoms with Gasteiger partial charge in [-0.2, -0.15) is 13.2 Å². The Hall–Kier alpha value is -2.09. The number of halogens is 3. The molecule has 0 aliphatic heterocycles. The van der Waals surface area contributed by atoms with Crippen molar-refractivity contribution < 1.29 is 28.1 Å². The van der Waals surface area contributed by atoms with E-state index in [4.69, 9.17) is 9.84 Å². The first-order valence-corrected chi connectivity index (χ1v) is 9.62. The minimum Gasteiger partial charge on any atom is -0.494 e. The van der Waals surface area contributed by atoms with Crippen molar-refractivity contribution in [3.05, 3.63) is 65.2 Å². The van der Waals surface area contributed by atoms with Gasteiger partial charge in [0.1, 0.15) is 11.5 Å². The van der Waals surface area contributed by atoms with Crippen LogP contribution in [0.3, 0.4) is 0 Å². The summed E-state index contributed by atoms with van der Waals surface area (Å²) in [6.07, 6.45) is -2.39. The van der Waals surface area contributed by atoms with Crippen LogP contribution >= 0.6 is 0 Å². The van der Waals surface area contributed by atoms with Crippen LogP contribution in [-0.4, -0.2) is 29.5 Å². The second kappa shape index (κ2) is 10.1. The smallest absolute Gasteiger partial charge is 0.416 e. The van der Waals surface area contributed by atoms with Gasteiger partial charge in [0.2, 0.25) is 0 Å². The van der Waals surface area contributed by atoms with E-state index < -0.39 is 17.5 Å². The zero-order valence-corrected chi connectivity index (χ0v) is 16.7. The number of unbranched alkanes of at least 4 members (excludes halogenated alkanes) is 1. The van der Waals surface area contributed by atoms with E-state index in [-0.39, 0.29) is 18.2 Å². The summed E-state index contributed by atoms with van der Waals surface area (Å²) in [5.41, 5.74) is -1.23. The van der Waals surface area contributed by atoms with Crippen LogP contribution in [-0.2, 0) is 18.3 Å². The average Bonchev–Trinajstić information content (AvgIpc) is 2.65. The number of hydrogen-bond donors (Lipinski definition) is 3. The van der Waals surface area contributed by atoms with Crippen molar-refractivity contribution in [3.63, 3.8) is 0 Å². The molecule has 2 aromatic carbocycles. The first kappa shape index (κ1) is 23.2. The highest BCUT2D eigenvalue weighted by molar-refractivity contribution is 5.30. The van der Waals surface area contributed by atoms with Gasteiger partial charge < -0.3 is 14.9 Å². The number of benzene rings is 2. The molecule has 0 aromatic heterocycles. The number of hydrogen-bond acceptors (Lipinski definition) is 4.